The summed E-state index contributed by atoms with van der Waals surface area (Å²) >= 11 is 0. The smallest absolute Gasteiger partial charge is 0.287 e. The van der Waals surface area contributed by atoms with Gasteiger partial charge in [0.2, 0.25) is 5.78 Å². The molecule has 0 spiro atoms. The summed E-state index contributed by atoms with van der Waals surface area (Å²) in [4.78, 5) is 23.6. The third-order valence-electron chi connectivity index (χ3n) is 3.91. The van der Waals surface area contributed by atoms with Crippen molar-refractivity contribution in [1.82, 2.24) is 10.6 Å². The van der Waals surface area contributed by atoms with Crippen molar-refractivity contribution < 1.29 is 9.59 Å². The summed E-state index contributed by atoms with van der Waals surface area (Å²) in [5, 5.41) is 6.17. The Morgan fingerprint density at radius 2 is 1.95 bits per heavy atom. The van der Waals surface area contributed by atoms with Crippen molar-refractivity contribution in [3.8, 4) is 0 Å². The highest BCUT2D eigenvalue weighted by Gasteiger charge is 2.16. The summed E-state index contributed by atoms with van der Waals surface area (Å²) in [5.41, 5.74) is 1.09. The van der Waals surface area contributed by atoms with Crippen molar-refractivity contribution in [3.63, 3.8) is 0 Å². The molecule has 114 valence electrons. The fraction of sp³-hybridized carbons (Fsp3) is 0.529. The van der Waals surface area contributed by atoms with E-state index < -0.39 is 5.91 Å². The van der Waals surface area contributed by atoms with Gasteiger partial charge in [-0.3, -0.25) is 9.59 Å². The molecule has 1 fully saturated rings. The molecular formula is C17H24N2O2. The highest BCUT2D eigenvalue weighted by Crippen LogP contribution is 2.07. The molecule has 0 radical (unpaired) electrons. The van der Waals surface area contributed by atoms with E-state index in [0.29, 0.717) is 19.0 Å². The number of hydrogen-bond acceptors (Lipinski definition) is 3. The molecule has 0 aromatic heterocycles. The zero-order chi connectivity index (χ0) is 14.9. The normalized spacial score (nSPS) is 18.8. The lowest BCUT2D eigenvalue weighted by Crippen LogP contribution is -2.42. The Kier molecular flexibility index (Phi) is 6.41. The fourth-order valence-corrected chi connectivity index (χ4v) is 2.61. The molecule has 0 unspecified atom stereocenters. The molecule has 1 aromatic rings. The Hall–Kier alpha value is -1.68. The summed E-state index contributed by atoms with van der Waals surface area (Å²) < 4.78 is 0. The number of amides is 1. The van der Waals surface area contributed by atoms with Crippen LogP contribution in [0.25, 0.3) is 0 Å². The van der Waals surface area contributed by atoms with Gasteiger partial charge in [-0.15, -0.1) is 0 Å². The van der Waals surface area contributed by atoms with E-state index in [1.165, 1.54) is 19.3 Å². The van der Waals surface area contributed by atoms with Gasteiger partial charge >= 0.3 is 0 Å². The average Bonchev–Trinajstić information content (AvgIpc) is 2.80. The number of hydrogen-bond donors (Lipinski definition) is 2. The Morgan fingerprint density at radius 3 is 2.76 bits per heavy atom. The number of rotatable bonds is 6. The van der Waals surface area contributed by atoms with Crippen LogP contribution in [-0.2, 0) is 16.0 Å². The van der Waals surface area contributed by atoms with E-state index in [9.17, 15) is 9.59 Å². The maximum Gasteiger partial charge on any atom is 0.287 e. The largest absolute Gasteiger partial charge is 0.348 e. The van der Waals surface area contributed by atoms with Crippen LogP contribution in [0.5, 0.6) is 0 Å². The number of ketones is 1. The molecule has 1 saturated heterocycles. The van der Waals surface area contributed by atoms with Gasteiger partial charge < -0.3 is 10.6 Å². The molecule has 0 saturated carbocycles. The maximum absolute atomic E-state index is 11.8. The Balaban J connectivity index is 1.68. The Labute approximate surface area is 126 Å². The van der Waals surface area contributed by atoms with Crippen molar-refractivity contribution in [2.75, 3.05) is 13.1 Å². The van der Waals surface area contributed by atoms with Gasteiger partial charge in [0.1, 0.15) is 0 Å². The SMILES string of the molecule is O=C(CCc1ccccc1)C(=O)NC[C@@H]1CCCCCN1. The quantitative estimate of drug-likeness (QED) is 0.785. The molecule has 4 nitrogen and oxygen atoms in total. The molecule has 1 aliphatic heterocycles. The van der Waals surface area contributed by atoms with Crippen LogP contribution in [0, 0.1) is 0 Å². The first kappa shape index (κ1) is 15.7. The molecule has 1 amide bonds. The number of aryl methyl sites for hydroxylation is 1. The lowest BCUT2D eigenvalue weighted by Gasteiger charge is -2.16. The van der Waals surface area contributed by atoms with Crippen LogP contribution < -0.4 is 10.6 Å². The first-order valence-corrected chi connectivity index (χ1v) is 7.84. The van der Waals surface area contributed by atoms with Crippen LogP contribution in [0.1, 0.15) is 37.7 Å². The lowest BCUT2D eigenvalue weighted by atomic mass is 10.1. The van der Waals surface area contributed by atoms with Gasteiger partial charge in [-0.05, 0) is 31.4 Å². The summed E-state index contributed by atoms with van der Waals surface area (Å²) in [6, 6.07) is 10.1. The molecule has 21 heavy (non-hydrogen) atoms. The minimum atomic E-state index is -0.447. The number of Topliss-reactive ketones (excluding diaryl/α,β-unsaturated/α-hetero) is 1. The van der Waals surface area contributed by atoms with Crippen molar-refractivity contribution in [3.05, 3.63) is 35.9 Å². The zero-order valence-electron chi connectivity index (χ0n) is 12.4. The molecule has 0 bridgehead atoms. The molecule has 1 aliphatic rings. The summed E-state index contributed by atoms with van der Waals surface area (Å²) in [7, 11) is 0. The van der Waals surface area contributed by atoms with Crippen molar-refractivity contribution in [2.45, 2.75) is 44.6 Å². The highest BCUT2D eigenvalue weighted by atomic mass is 16.2. The molecule has 0 aliphatic carbocycles. The van der Waals surface area contributed by atoms with E-state index in [-0.39, 0.29) is 12.2 Å². The number of carbonyl (C=O) groups excluding carboxylic acids is 2. The van der Waals surface area contributed by atoms with Crippen LogP contribution >= 0.6 is 0 Å². The maximum atomic E-state index is 11.8. The second-order valence-electron chi connectivity index (χ2n) is 5.62. The van der Waals surface area contributed by atoms with Gasteiger partial charge in [0, 0.05) is 19.0 Å². The molecule has 2 N–H and O–H groups in total. The van der Waals surface area contributed by atoms with E-state index in [4.69, 9.17) is 0 Å². The fourth-order valence-electron chi connectivity index (χ4n) is 2.61. The molecular weight excluding hydrogens is 264 g/mol. The van der Waals surface area contributed by atoms with E-state index in [2.05, 4.69) is 10.6 Å². The minimum absolute atomic E-state index is 0.272. The Morgan fingerprint density at radius 1 is 1.14 bits per heavy atom. The van der Waals surface area contributed by atoms with Crippen LogP contribution in [0.3, 0.4) is 0 Å². The van der Waals surface area contributed by atoms with Gasteiger partial charge in [0.15, 0.2) is 0 Å². The first-order chi connectivity index (χ1) is 10.3. The third-order valence-corrected chi connectivity index (χ3v) is 3.91. The second kappa shape index (κ2) is 8.57. The number of benzene rings is 1. The monoisotopic (exact) mass is 288 g/mol. The summed E-state index contributed by atoms with van der Waals surface area (Å²) in [5.74, 6) is -0.774. The van der Waals surface area contributed by atoms with Gasteiger partial charge in [0.25, 0.3) is 5.91 Å². The second-order valence-corrected chi connectivity index (χ2v) is 5.62. The van der Waals surface area contributed by atoms with Gasteiger partial charge in [-0.2, -0.15) is 0 Å². The topological polar surface area (TPSA) is 58.2 Å². The standard InChI is InChI=1S/C17H24N2O2/c20-16(11-10-14-7-3-1-4-8-14)17(21)19-13-15-9-5-2-6-12-18-15/h1,3-4,7-8,15,18H,2,5-6,9-13H2,(H,19,21)/t15-/m0/s1. The van der Waals surface area contributed by atoms with E-state index in [1.54, 1.807) is 0 Å². The molecule has 2 rings (SSSR count). The van der Waals surface area contributed by atoms with Crippen molar-refractivity contribution in [1.29, 1.82) is 0 Å². The predicted molar refractivity (Wildman–Crippen MR) is 83.0 cm³/mol. The van der Waals surface area contributed by atoms with Gasteiger partial charge in [-0.1, -0.05) is 43.2 Å². The predicted octanol–water partition coefficient (Wildman–Crippen LogP) is 1.84. The van der Waals surface area contributed by atoms with Crippen LogP contribution in [0.15, 0.2) is 30.3 Å². The molecule has 1 aromatic carbocycles. The summed E-state index contributed by atoms with van der Waals surface area (Å²) in [6.45, 7) is 1.55. The number of nitrogens with one attached hydrogen (secondary N) is 2. The zero-order valence-corrected chi connectivity index (χ0v) is 12.4. The molecule has 1 heterocycles. The van der Waals surface area contributed by atoms with E-state index >= 15 is 0 Å². The number of carbonyl (C=O) groups is 2. The lowest BCUT2D eigenvalue weighted by molar-refractivity contribution is -0.137. The van der Waals surface area contributed by atoms with E-state index in [0.717, 1.165) is 18.5 Å². The van der Waals surface area contributed by atoms with E-state index in [1.807, 2.05) is 30.3 Å². The molecule has 1 atom stereocenters. The molecule has 4 heteroatoms. The highest BCUT2D eigenvalue weighted by molar-refractivity contribution is 6.36. The van der Waals surface area contributed by atoms with Gasteiger partial charge in [-0.25, -0.2) is 0 Å². The third kappa shape index (κ3) is 5.68. The average molecular weight is 288 g/mol. The first-order valence-electron chi connectivity index (χ1n) is 7.84. The Bertz CT molecular complexity index is 451. The van der Waals surface area contributed by atoms with Crippen LogP contribution in [0.4, 0.5) is 0 Å². The minimum Gasteiger partial charge on any atom is -0.348 e. The van der Waals surface area contributed by atoms with Crippen molar-refractivity contribution >= 4 is 11.7 Å². The van der Waals surface area contributed by atoms with Crippen molar-refractivity contribution in [2.24, 2.45) is 0 Å². The van der Waals surface area contributed by atoms with Crippen LogP contribution in [-0.4, -0.2) is 30.8 Å². The van der Waals surface area contributed by atoms with Crippen LogP contribution in [0.2, 0.25) is 0 Å². The van der Waals surface area contributed by atoms with Gasteiger partial charge in [0.05, 0.1) is 0 Å². The summed E-state index contributed by atoms with van der Waals surface area (Å²) in [6.07, 6.45) is 5.59.